The van der Waals surface area contributed by atoms with Crippen LogP contribution in [0.4, 0.5) is 0 Å². The third-order valence-electron chi connectivity index (χ3n) is 6.69. The Morgan fingerprint density at radius 3 is 2.75 bits per heavy atom. The van der Waals surface area contributed by atoms with Gasteiger partial charge in [-0.25, -0.2) is 4.98 Å². The quantitative estimate of drug-likeness (QED) is 0.729. The second kappa shape index (κ2) is 10.9. The summed E-state index contributed by atoms with van der Waals surface area (Å²) in [5.74, 6) is 0.320. The van der Waals surface area contributed by atoms with Crippen LogP contribution in [0.2, 0.25) is 0 Å². The molecule has 0 bridgehead atoms. The molecule has 2 amide bonds. The van der Waals surface area contributed by atoms with Crippen molar-refractivity contribution >= 4 is 17.9 Å². The SMILES string of the molecule is C/C=C/c1cnc2c(c1)C(=O)N([C@@H](C)CO)C[C@H](C)[C@H](CN(C)C(=O)C1CCCCC1)O2. The first-order chi connectivity index (χ1) is 15.3. The van der Waals surface area contributed by atoms with Gasteiger partial charge >= 0.3 is 0 Å². The fourth-order valence-corrected chi connectivity index (χ4v) is 4.64. The van der Waals surface area contributed by atoms with E-state index < -0.39 is 0 Å². The van der Waals surface area contributed by atoms with Gasteiger partial charge in [-0.2, -0.15) is 0 Å². The molecular weight excluding hydrogens is 406 g/mol. The first-order valence-electron chi connectivity index (χ1n) is 11.8. The maximum absolute atomic E-state index is 13.3. The summed E-state index contributed by atoms with van der Waals surface area (Å²) in [4.78, 5) is 34.3. The van der Waals surface area contributed by atoms with E-state index in [1.807, 2.05) is 40.0 Å². The smallest absolute Gasteiger partial charge is 0.259 e. The Bertz CT molecular complexity index is 834. The van der Waals surface area contributed by atoms with Crippen LogP contribution in [-0.2, 0) is 4.79 Å². The molecule has 1 N–H and O–H groups in total. The van der Waals surface area contributed by atoms with Crippen LogP contribution in [0.15, 0.2) is 18.3 Å². The minimum Gasteiger partial charge on any atom is -0.472 e. The van der Waals surface area contributed by atoms with Crippen molar-refractivity contribution < 1.29 is 19.4 Å². The van der Waals surface area contributed by atoms with Crippen molar-refractivity contribution in [3.05, 3.63) is 29.5 Å². The van der Waals surface area contributed by atoms with Crippen LogP contribution in [0.3, 0.4) is 0 Å². The molecule has 1 fully saturated rings. The molecule has 176 valence electrons. The van der Waals surface area contributed by atoms with Gasteiger partial charge < -0.3 is 19.6 Å². The lowest BCUT2D eigenvalue weighted by Crippen LogP contribution is -2.51. The number of pyridine rings is 1. The Morgan fingerprint density at radius 2 is 2.09 bits per heavy atom. The van der Waals surface area contributed by atoms with E-state index in [9.17, 15) is 14.7 Å². The number of amides is 2. The van der Waals surface area contributed by atoms with E-state index in [0.717, 1.165) is 31.2 Å². The number of hydrogen-bond acceptors (Lipinski definition) is 5. The number of allylic oxidation sites excluding steroid dienone is 1. The summed E-state index contributed by atoms with van der Waals surface area (Å²) >= 11 is 0. The molecule has 7 heteroatoms. The maximum Gasteiger partial charge on any atom is 0.259 e. The zero-order chi connectivity index (χ0) is 23.3. The molecule has 1 saturated carbocycles. The highest BCUT2D eigenvalue weighted by Gasteiger charge is 2.35. The average Bonchev–Trinajstić information content (AvgIpc) is 2.81. The van der Waals surface area contributed by atoms with Gasteiger partial charge in [-0.1, -0.05) is 38.3 Å². The monoisotopic (exact) mass is 443 g/mol. The Labute approximate surface area is 191 Å². The number of ether oxygens (including phenoxy) is 1. The van der Waals surface area contributed by atoms with Crippen molar-refractivity contribution in [3.8, 4) is 5.88 Å². The van der Waals surface area contributed by atoms with Gasteiger partial charge in [0.15, 0.2) is 0 Å². The molecule has 3 atom stereocenters. The van der Waals surface area contributed by atoms with Gasteiger partial charge in [0.05, 0.1) is 19.2 Å². The number of carbonyl (C=O) groups is 2. The number of aliphatic hydroxyl groups is 1. The van der Waals surface area contributed by atoms with Crippen LogP contribution in [0, 0.1) is 11.8 Å². The van der Waals surface area contributed by atoms with Gasteiger partial charge in [0, 0.05) is 31.6 Å². The van der Waals surface area contributed by atoms with E-state index in [-0.39, 0.29) is 48.3 Å². The third kappa shape index (κ3) is 5.49. The topological polar surface area (TPSA) is 83.0 Å². The molecule has 0 unspecified atom stereocenters. The van der Waals surface area contributed by atoms with Crippen LogP contribution in [0.5, 0.6) is 5.88 Å². The maximum atomic E-state index is 13.3. The zero-order valence-electron chi connectivity index (χ0n) is 19.8. The Balaban J connectivity index is 1.88. The fraction of sp³-hybridized carbons (Fsp3) is 0.640. The van der Waals surface area contributed by atoms with E-state index in [4.69, 9.17) is 4.74 Å². The van der Waals surface area contributed by atoms with Crippen LogP contribution in [-0.4, -0.2) is 70.6 Å². The summed E-state index contributed by atoms with van der Waals surface area (Å²) in [6, 6.07) is 1.45. The van der Waals surface area contributed by atoms with E-state index in [0.29, 0.717) is 18.7 Å². The minimum absolute atomic E-state index is 0.0419. The van der Waals surface area contributed by atoms with E-state index in [1.54, 1.807) is 22.1 Å². The van der Waals surface area contributed by atoms with E-state index in [2.05, 4.69) is 4.98 Å². The van der Waals surface area contributed by atoms with Gasteiger partial charge in [0.25, 0.3) is 5.91 Å². The third-order valence-corrected chi connectivity index (χ3v) is 6.69. The van der Waals surface area contributed by atoms with Gasteiger partial charge in [-0.05, 0) is 38.3 Å². The molecule has 0 saturated heterocycles. The average molecular weight is 444 g/mol. The van der Waals surface area contributed by atoms with Crippen LogP contribution in [0.25, 0.3) is 6.08 Å². The van der Waals surface area contributed by atoms with E-state index in [1.165, 1.54) is 6.42 Å². The molecule has 0 spiro atoms. The lowest BCUT2D eigenvalue weighted by Gasteiger charge is -2.38. The second-order valence-corrected chi connectivity index (χ2v) is 9.30. The number of aliphatic hydroxyl groups excluding tert-OH is 1. The predicted octanol–water partition coefficient (Wildman–Crippen LogP) is 3.37. The molecule has 2 heterocycles. The summed E-state index contributed by atoms with van der Waals surface area (Å²) in [6.45, 7) is 6.51. The standard InChI is InChI=1S/C25H37N3O4/c1-5-9-19-12-21-23(26-13-19)32-22(17(2)14-28(25(21)31)18(3)16-29)15-27(4)24(30)20-10-7-6-8-11-20/h5,9,12-13,17-18,20,22,29H,6-8,10-11,14-16H2,1-4H3/b9-5+/t17-,18-,22-/m0/s1. The van der Waals surface area contributed by atoms with Crippen molar-refractivity contribution in [3.63, 3.8) is 0 Å². The largest absolute Gasteiger partial charge is 0.472 e. The van der Waals surface area contributed by atoms with Crippen molar-refractivity contribution in [2.75, 3.05) is 26.7 Å². The fourth-order valence-electron chi connectivity index (χ4n) is 4.64. The number of hydrogen-bond donors (Lipinski definition) is 1. The van der Waals surface area contributed by atoms with Crippen LogP contribution >= 0.6 is 0 Å². The highest BCUT2D eigenvalue weighted by molar-refractivity contribution is 5.97. The number of carbonyl (C=O) groups excluding carboxylic acids is 2. The molecular formula is C25H37N3O4. The Hall–Kier alpha value is -2.41. The molecule has 1 aliphatic carbocycles. The molecule has 2 aliphatic rings. The number of aromatic nitrogens is 1. The molecule has 1 aliphatic heterocycles. The first-order valence-corrected chi connectivity index (χ1v) is 11.8. The number of likely N-dealkylation sites (N-methyl/N-ethyl adjacent to an activating group) is 1. The molecule has 7 nitrogen and oxygen atoms in total. The first kappa shape index (κ1) is 24.2. The molecule has 0 aromatic carbocycles. The summed E-state index contributed by atoms with van der Waals surface area (Å²) in [7, 11) is 1.84. The number of fused-ring (bicyclic) bond motifs is 1. The summed E-state index contributed by atoms with van der Waals surface area (Å²) < 4.78 is 6.28. The van der Waals surface area contributed by atoms with Crippen molar-refractivity contribution in [1.82, 2.24) is 14.8 Å². The van der Waals surface area contributed by atoms with Crippen LogP contribution in [0.1, 0.15) is 68.8 Å². The zero-order valence-corrected chi connectivity index (χ0v) is 19.8. The highest BCUT2D eigenvalue weighted by atomic mass is 16.5. The van der Waals surface area contributed by atoms with Gasteiger partial charge in [-0.15, -0.1) is 0 Å². The number of rotatable bonds is 6. The Morgan fingerprint density at radius 1 is 1.38 bits per heavy atom. The van der Waals surface area contributed by atoms with E-state index >= 15 is 0 Å². The van der Waals surface area contributed by atoms with Gasteiger partial charge in [0.2, 0.25) is 11.8 Å². The second-order valence-electron chi connectivity index (χ2n) is 9.30. The number of nitrogens with zero attached hydrogens (tertiary/aromatic N) is 3. The summed E-state index contributed by atoms with van der Waals surface area (Å²) in [6.07, 6.45) is 10.5. The molecule has 32 heavy (non-hydrogen) atoms. The molecule has 1 aromatic heterocycles. The lowest BCUT2D eigenvalue weighted by molar-refractivity contribution is -0.136. The van der Waals surface area contributed by atoms with Gasteiger partial charge in [0.1, 0.15) is 11.7 Å². The molecule has 3 rings (SSSR count). The summed E-state index contributed by atoms with van der Waals surface area (Å²) in [5.41, 5.74) is 1.20. The predicted molar refractivity (Wildman–Crippen MR) is 124 cm³/mol. The van der Waals surface area contributed by atoms with Crippen molar-refractivity contribution in [1.29, 1.82) is 0 Å². The molecule has 1 aromatic rings. The minimum atomic E-state index is -0.330. The molecule has 0 radical (unpaired) electrons. The highest BCUT2D eigenvalue weighted by Crippen LogP contribution is 2.29. The lowest BCUT2D eigenvalue weighted by atomic mass is 9.88. The van der Waals surface area contributed by atoms with Crippen LogP contribution < -0.4 is 4.74 Å². The summed E-state index contributed by atoms with van der Waals surface area (Å²) in [5, 5.41) is 9.76. The van der Waals surface area contributed by atoms with Crippen molar-refractivity contribution in [2.24, 2.45) is 11.8 Å². The van der Waals surface area contributed by atoms with Crippen molar-refractivity contribution in [2.45, 2.75) is 65.0 Å². The normalized spacial score (nSPS) is 23.3. The Kier molecular flexibility index (Phi) is 8.29. The van der Waals surface area contributed by atoms with Gasteiger partial charge in [-0.3, -0.25) is 9.59 Å².